The first kappa shape index (κ1) is 15.6. The van der Waals surface area contributed by atoms with Crippen LogP contribution in [0.4, 0.5) is 19.3 Å². The Morgan fingerprint density at radius 1 is 1.30 bits per heavy atom. The van der Waals surface area contributed by atoms with E-state index >= 15 is 0 Å². The molecule has 110 valence electrons. The van der Waals surface area contributed by atoms with Gasteiger partial charge in [-0.15, -0.1) is 0 Å². The lowest BCUT2D eigenvalue weighted by atomic mass is 10.3. The van der Waals surface area contributed by atoms with Gasteiger partial charge in [-0.3, -0.25) is 0 Å². The van der Waals surface area contributed by atoms with Crippen molar-refractivity contribution in [2.24, 2.45) is 0 Å². The number of nitrogens with one attached hydrogen (secondary N) is 2. The van der Waals surface area contributed by atoms with Crippen LogP contribution in [0.5, 0.6) is 5.75 Å². The summed E-state index contributed by atoms with van der Waals surface area (Å²) in [5, 5.41) is 21.6. The van der Waals surface area contributed by atoms with Crippen LogP contribution in [0.2, 0.25) is 0 Å². The van der Waals surface area contributed by atoms with Crippen LogP contribution in [0.25, 0.3) is 0 Å². The first-order chi connectivity index (χ1) is 9.40. The molecule has 0 radical (unpaired) electrons. The maximum absolute atomic E-state index is 12.1. The smallest absolute Gasteiger partial charge is 0.387 e. The van der Waals surface area contributed by atoms with E-state index in [1.807, 2.05) is 0 Å². The van der Waals surface area contributed by atoms with Gasteiger partial charge in [-0.2, -0.15) is 8.78 Å². The first-order valence-electron chi connectivity index (χ1n) is 5.39. The molecule has 0 bridgehead atoms. The SMILES string of the molecule is O=C(NC[C@H](O)C(=O)O)Nc1ccccc1OC(F)F. The zero-order chi connectivity index (χ0) is 15.1. The van der Waals surface area contributed by atoms with Crippen molar-refractivity contribution in [3.63, 3.8) is 0 Å². The lowest BCUT2D eigenvalue weighted by molar-refractivity contribution is -0.146. The molecule has 1 aromatic rings. The molecule has 1 rings (SSSR count). The number of carbonyl (C=O) groups is 2. The fraction of sp³-hybridized carbons (Fsp3) is 0.273. The van der Waals surface area contributed by atoms with Gasteiger partial charge in [0.2, 0.25) is 0 Å². The van der Waals surface area contributed by atoms with Crippen molar-refractivity contribution in [3.8, 4) is 5.75 Å². The Labute approximate surface area is 112 Å². The number of aliphatic carboxylic acids is 1. The molecular formula is C11H12F2N2O5. The molecular weight excluding hydrogens is 278 g/mol. The monoisotopic (exact) mass is 290 g/mol. The minimum atomic E-state index is -3.05. The molecule has 4 N–H and O–H groups in total. The molecule has 0 aliphatic carbocycles. The van der Waals surface area contributed by atoms with E-state index in [2.05, 4.69) is 15.4 Å². The molecule has 0 aliphatic rings. The number of aliphatic hydroxyl groups is 1. The molecule has 20 heavy (non-hydrogen) atoms. The van der Waals surface area contributed by atoms with Gasteiger partial charge in [0.15, 0.2) is 6.10 Å². The number of anilines is 1. The van der Waals surface area contributed by atoms with E-state index in [4.69, 9.17) is 10.2 Å². The van der Waals surface area contributed by atoms with Crippen molar-refractivity contribution in [3.05, 3.63) is 24.3 Å². The van der Waals surface area contributed by atoms with Crippen LogP contribution in [-0.2, 0) is 4.79 Å². The van der Waals surface area contributed by atoms with Gasteiger partial charge in [-0.25, -0.2) is 9.59 Å². The van der Waals surface area contributed by atoms with Crippen molar-refractivity contribution in [1.82, 2.24) is 5.32 Å². The Hall–Kier alpha value is -2.42. The fourth-order valence-corrected chi connectivity index (χ4v) is 1.21. The Balaban J connectivity index is 2.59. The molecule has 0 saturated carbocycles. The zero-order valence-corrected chi connectivity index (χ0v) is 10.0. The van der Waals surface area contributed by atoms with Crippen LogP contribution in [0.1, 0.15) is 0 Å². The molecule has 9 heteroatoms. The standard InChI is InChI=1S/C11H12F2N2O5/c12-10(13)20-8-4-2-1-3-6(8)15-11(19)14-5-7(16)9(17)18/h1-4,7,10,16H,5H2,(H,17,18)(H2,14,15,19)/t7-/m0/s1. The maximum Gasteiger partial charge on any atom is 0.387 e. The lowest BCUT2D eigenvalue weighted by Crippen LogP contribution is -2.38. The fourth-order valence-electron chi connectivity index (χ4n) is 1.21. The molecule has 0 heterocycles. The normalized spacial score (nSPS) is 11.8. The van der Waals surface area contributed by atoms with Gasteiger partial charge in [-0.1, -0.05) is 12.1 Å². The van der Waals surface area contributed by atoms with Crippen LogP contribution in [-0.4, -0.2) is 41.5 Å². The summed E-state index contributed by atoms with van der Waals surface area (Å²) >= 11 is 0. The Kier molecular flexibility index (Phi) is 5.66. The Morgan fingerprint density at radius 3 is 2.55 bits per heavy atom. The third-order valence-corrected chi connectivity index (χ3v) is 2.09. The molecule has 0 spiro atoms. The number of alkyl halides is 2. The van der Waals surface area contributed by atoms with Crippen LogP contribution >= 0.6 is 0 Å². The number of amides is 2. The van der Waals surface area contributed by atoms with Crippen LogP contribution in [0.3, 0.4) is 0 Å². The summed E-state index contributed by atoms with van der Waals surface area (Å²) < 4.78 is 28.5. The highest BCUT2D eigenvalue weighted by Crippen LogP contribution is 2.25. The number of ether oxygens (including phenoxy) is 1. The summed E-state index contributed by atoms with van der Waals surface area (Å²) in [5.74, 6) is -1.73. The Bertz CT molecular complexity index is 484. The number of halogens is 2. The average molecular weight is 290 g/mol. The highest BCUT2D eigenvalue weighted by Gasteiger charge is 2.15. The third kappa shape index (κ3) is 5.06. The minimum Gasteiger partial charge on any atom is -0.479 e. The number of rotatable bonds is 6. The number of para-hydroxylation sites is 2. The van der Waals surface area contributed by atoms with E-state index in [1.165, 1.54) is 24.3 Å². The zero-order valence-electron chi connectivity index (χ0n) is 10.0. The number of carboxylic acid groups (broad SMARTS) is 1. The van der Waals surface area contributed by atoms with E-state index in [1.54, 1.807) is 0 Å². The van der Waals surface area contributed by atoms with E-state index < -0.39 is 31.3 Å². The highest BCUT2D eigenvalue weighted by molar-refractivity contribution is 5.91. The minimum absolute atomic E-state index is 0.0184. The molecule has 7 nitrogen and oxygen atoms in total. The van der Waals surface area contributed by atoms with Gasteiger partial charge in [0, 0.05) is 0 Å². The van der Waals surface area contributed by atoms with Crippen molar-refractivity contribution in [1.29, 1.82) is 0 Å². The van der Waals surface area contributed by atoms with Gasteiger partial charge in [-0.05, 0) is 12.1 Å². The number of carboxylic acids is 1. The lowest BCUT2D eigenvalue weighted by Gasteiger charge is -2.13. The predicted molar refractivity (Wildman–Crippen MR) is 63.7 cm³/mol. The molecule has 2 amide bonds. The summed E-state index contributed by atoms with van der Waals surface area (Å²) in [6.45, 7) is -3.58. The topological polar surface area (TPSA) is 108 Å². The van der Waals surface area contributed by atoms with Crippen LogP contribution < -0.4 is 15.4 Å². The van der Waals surface area contributed by atoms with Gasteiger partial charge in [0.05, 0.1) is 12.2 Å². The second-order valence-corrected chi connectivity index (χ2v) is 3.56. The predicted octanol–water partition coefficient (Wildman–Crippen LogP) is 0.855. The van der Waals surface area contributed by atoms with E-state index in [0.717, 1.165) is 0 Å². The van der Waals surface area contributed by atoms with Crippen LogP contribution in [0, 0.1) is 0 Å². The highest BCUT2D eigenvalue weighted by atomic mass is 19.3. The molecule has 0 unspecified atom stereocenters. The van der Waals surface area contributed by atoms with Gasteiger partial charge in [0.1, 0.15) is 5.75 Å². The number of carbonyl (C=O) groups excluding carboxylic acids is 1. The Morgan fingerprint density at radius 2 is 1.95 bits per heavy atom. The van der Waals surface area contributed by atoms with Crippen molar-refractivity contribution in [2.45, 2.75) is 12.7 Å². The van der Waals surface area contributed by atoms with Gasteiger partial charge in [0.25, 0.3) is 0 Å². The summed E-state index contributed by atoms with van der Waals surface area (Å²) in [6.07, 6.45) is -1.76. The van der Waals surface area contributed by atoms with E-state index in [-0.39, 0.29) is 11.4 Å². The van der Waals surface area contributed by atoms with Crippen molar-refractivity contribution >= 4 is 17.7 Å². The van der Waals surface area contributed by atoms with E-state index in [0.29, 0.717) is 0 Å². The van der Waals surface area contributed by atoms with Crippen LogP contribution in [0.15, 0.2) is 24.3 Å². The molecule has 0 fully saturated rings. The number of urea groups is 1. The largest absolute Gasteiger partial charge is 0.479 e. The van der Waals surface area contributed by atoms with E-state index in [9.17, 15) is 18.4 Å². The number of benzene rings is 1. The summed E-state index contributed by atoms with van der Waals surface area (Å²) in [5.41, 5.74) is -0.0184. The number of hydrogen-bond acceptors (Lipinski definition) is 4. The molecule has 1 aromatic carbocycles. The molecule has 0 aliphatic heterocycles. The summed E-state index contributed by atoms with van der Waals surface area (Å²) in [6, 6.07) is 4.61. The average Bonchev–Trinajstić information content (AvgIpc) is 2.37. The molecule has 0 saturated heterocycles. The molecule has 0 aromatic heterocycles. The summed E-state index contributed by atoms with van der Waals surface area (Å²) in [4.78, 5) is 21.7. The van der Waals surface area contributed by atoms with Crippen molar-refractivity contribution in [2.75, 3.05) is 11.9 Å². The second-order valence-electron chi connectivity index (χ2n) is 3.56. The maximum atomic E-state index is 12.1. The molecule has 1 atom stereocenters. The third-order valence-electron chi connectivity index (χ3n) is 2.09. The van der Waals surface area contributed by atoms with Crippen molar-refractivity contribution < 1.29 is 33.3 Å². The second kappa shape index (κ2) is 7.24. The first-order valence-corrected chi connectivity index (χ1v) is 5.39. The van der Waals surface area contributed by atoms with Gasteiger partial charge < -0.3 is 25.6 Å². The quantitative estimate of drug-likeness (QED) is 0.621. The van der Waals surface area contributed by atoms with Gasteiger partial charge >= 0.3 is 18.6 Å². The number of hydrogen-bond donors (Lipinski definition) is 4. The summed E-state index contributed by atoms with van der Waals surface area (Å²) in [7, 11) is 0. The number of aliphatic hydroxyl groups excluding tert-OH is 1.